The molecule has 2 heterocycles. The van der Waals surface area contributed by atoms with Crippen molar-refractivity contribution in [2.75, 3.05) is 32.2 Å². The minimum absolute atomic E-state index is 0.0181. The summed E-state index contributed by atoms with van der Waals surface area (Å²) in [5.41, 5.74) is -0.0971. The highest BCUT2D eigenvalue weighted by atomic mass is 19.3. The third-order valence-corrected chi connectivity index (χ3v) is 5.16. The number of rotatable bonds is 9. The lowest BCUT2D eigenvalue weighted by Crippen LogP contribution is -2.21. The van der Waals surface area contributed by atoms with Crippen molar-refractivity contribution in [3.8, 4) is 6.01 Å². The first-order chi connectivity index (χ1) is 15.8. The summed E-state index contributed by atoms with van der Waals surface area (Å²) in [6.45, 7) is 5.69. The van der Waals surface area contributed by atoms with Gasteiger partial charge in [0.2, 0.25) is 0 Å². The fraction of sp³-hybridized carbons (Fsp3) is 0.500. The van der Waals surface area contributed by atoms with Gasteiger partial charge < -0.3 is 24.3 Å². The fourth-order valence-electron chi connectivity index (χ4n) is 3.49. The molecule has 1 aliphatic heterocycles. The van der Waals surface area contributed by atoms with E-state index in [1.807, 2.05) is 0 Å². The molecule has 180 valence electrons. The molecule has 8 nitrogen and oxygen atoms in total. The molecule has 0 amide bonds. The van der Waals surface area contributed by atoms with E-state index in [1.54, 1.807) is 20.8 Å². The number of esters is 1. The summed E-state index contributed by atoms with van der Waals surface area (Å²) in [4.78, 5) is 21.1. The first-order valence-corrected chi connectivity index (χ1v) is 10.5. The molecule has 1 aliphatic rings. The van der Waals surface area contributed by atoms with Gasteiger partial charge in [0.25, 0.3) is 6.43 Å². The Kier molecular flexibility index (Phi) is 8.09. The minimum atomic E-state index is -2.95. The SMILES string of the molecule is CCOC(=O)C(C)c1nc(OC)nc(N[C@H](C)c2cccc(C(F)F)c2F)c1C1OCCO1. The van der Waals surface area contributed by atoms with Crippen LogP contribution in [0.15, 0.2) is 18.2 Å². The number of methoxy groups -OCH3 is 1. The summed E-state index contributed by atoms with van der Waals surface area (Å²) in [5.74, 6) is -2.19. The summed E-state index contributed by atoms with van der Waals surface area (Å²) < 4.78 is 62.7. The van der Waals surface area contributed by atoms with Crippen LogP contribution in [0.3, 0.4) is 0 Å². The Morgan fingerprint density at radius 1 is 1.21 bits per heavy atom. The Morgan fingerprint density at radius 3 is 2.48 bits per heavy atom. The van der Waals surface area contributed by atoms with Gasteiger partial charge in [-0.1, -0.05) is 18.2 Å². The van der Waals surface area contributed by atoms with E-state index in [2.05, 4.69) is 15.3 Å². The van der Waals surface area contributed by atoms with Crippen LogP contribution in [0.4, 0.5) is 19.0 Å². The molecule has 0 radical (unpaired) electrons. The van der Waals surface area contributed by atoms with Crippen LogP contribution < -0.4 is 10.1 Å². The van der Waals surface area contributed by atoms with Crippen LogP contribution in [0.25, 0.3) is 0 Å². The third kappa shape index (κ3) is 5.36. The molecule has 1 aromatic carbocycles. The number of aromatic nitrogens is 2. The van der Waals surface area contributed by atoms with Gasteiger partial charge >= 0.3 is 12.0 Å². The largest absolute Gasteiger partial charge is 0.467 e. The highest BCUT2D eigenvalue weighted by molar-refractivity contribution is 5.78. The quantitative estimate of drug-likeness (QED) is 0.539. The molecule has 1 N–H and O–H groups in total. The second kappa shape index (κ2) is 10.8. The van der Waals surface area contributed by atoms with Crippen LogP contribution in [0.5, 0.6) is 6.01 Å². The Labute approximate surface area is 189 Å². The number of ether oxygens (including phenoxy) is 4. The predicted molar refractivity (Wildman–Crippen MR) is 112 cm³/mol. The number of carbonyl (C=O) groups is 1. The van der Waals surface area contributed by atoms with Gasteiger partial charge in [0, 0.05) is 5.56 Å². The molecule has 0 saturated carbocycles. The molecule has 0 bridgehead atoms. The molecule has 33 heavy (non-hydrogen) atoms. The van der Waals surface area contributed by atoms with Gasteiger partial charge in [0.1, 0.15) is 11.6 Å². The monoisotopic (exact) mass is 469 g/mol. The molecule has 1 unspecified atom stereocenters. The van der Waals surface area contributed by atoms with Crippen molar-refractivity contribution in [1.82, 2.24) is 9.97 Å². The number of hydrogen-bond donors (Lipinski definition) is 1. The molecule has 1 saturated heterocycles. The Balaban J connectivity index is 2.07. The van der Waals surface area contributed by atoms with Crippen molar-refractivity contribution in [2.45, 2.75) is 45.4 Å². The van der Waals surface area contributed by atoms with E-state index < -0.39 is 42.0 Å². The average molecular weight is 469 g/mol. The lowest BCUT2D eigenvalue weighted by Gasteiger charge is -2.24. The zero-order valence-corrected chi connectivity index (χ0v) is 18.7. The van der Waals surface area contributed by atoms with E-state index in [0.29, 0.717) is 18.8 Å². The maximum Gasteiger partial charge on any atom is 0.318 e. The first kappa shape index (κ1) is 24.7. The van der Waals surface area contributed by atoms with Crippen molar-refractivity contribution in [2.24, 2.45) is 0 Å². The minimum Gasteiger partial charge on any atom is -0.467 e. The normalized spacial score (nSPS) is 16.0. The van der Waals surface area contributed by atoms with Gasteiger partial charge in [0.15, 0.2) is 6.29 Å². The molecule has 2 aromatic rings. The average Bonchev–Trinajstić information content (AvgIpc) is 3.32. The Morgan fingerprint density at radius 2 is 1.88 bits per heavy atom. The second-order valence-electron chi connectivity index (χ2n) is 7.32. The number of nitrogens with zero attached hydrogens (tertiary/aromatic N) is 2. The van der Waals surface area contributed by atoms with E-state index in [-0.39, 0.29) is 29.7 Å². The summed E-state index contributed by atoms with van der Waals surface area (Å²) in [6, 6.07) is 2.96. The molecule has 1 aromatic heterocycles. The number of nitrogens with one attached hydrogen (secondary N) is 1. The third-order valence-electron chi connectivity index (χ3n) is 5.16. The van der Waals surface area contributed by atoms with E-state index in [1.165, 1.54) is 19.2 Å². The molecule has 1 fully saturated rings. The van der Waals surface area contributed by atoms with Crippen LogP contribution >= 0.6 is 0 Å². The molecule has 0 aliphatic carbocycles. The topological polar surface area (TPSA) is 91.8 Å². The molecule has 11 heteroatoms. The zero-order valence-electron chi connectivity index (χ0n) is 18.7. The van der Waals surface area contributed by atoms with Gasteiger partial charge in [-0.3, -0.25) is 4.79 Å². The summed E-state index contributed by atoms with van der Waals surface area (Å²) in [6.07, 6.45) is -3.85. The highest BCUT2D eigenvalue weighted by Crippen LogP contribution is 2.38. The van der Waals surface area contributed by atoms with Gasteiger partial charge in [-0.25, -0.2) is 13.2 Å². The molecule has 3 rings (SSSR count). The van der Waals surface area contributed by atoms with Crippen molar-refractivity contribution in [3.05, 3.63) is 46.4 Å². The maximum atomic E-state index is 14.7. The predicted octanol–water partition coefficient (Wildman–Crippen LogP) is 4.45. The molecule has 0 spiro atoms. The Bertz CT molecular complexity index is 986. The second-order valence-corrected chi connectivity index (χ2v) is 7.32. The van der Waals surface area contributed by atoms with E-state index in [9.17, 15) is 18.0 Å². The van der Waals surface area contributed by atoms with Gasteiger partial charge in [-0.15, -0.1) is 0 Å². The van der Waals surface area contributed by atoms with Gasteiger partial charge in [-0.2, -0.15) is 9.97 Å². The molecule has 2 atom stereocenters. The van der Waals surface area contributed by atoms with Crippen molar-refractivity contribution >= 4 is 11.8 Å². The van der Waals surface area contributed by atoms with E-state index in [0.717, 1.165) is 6.07 Å². The maximum absolute atomic E-state index is 14.7. The fourth-order valence-corrected chi connectivity index (χ4v) is 3.49. The van der Waals surface area contributed by atoms with Gasteiger partial charge in [-0.05, 0) is 20.8 Å². The number of alkyl halides is 2. The van der Waals surface area contributed by atoms with Crippen molar-refractivity contribution < 1.29 is 36.9 Å². The summed E-state index contributed by atoms with van der Waals surface area (Å²) in [5, 5.41) is 3.02. The van der Waals surface area contributed by atoms with Crippen LogP contribution in [-0.4, -0.2) is 42.9 Å². The van der Waals surface area contributed by atoms with Crippen LogP contribution in [0, 0.1) is 5.82 Å². The van der Waals surface area contributed by atoms with Crippen LogP contribution in [-0.2, 0) is 19.0 Å². The number of anilines is 1. The zero-order chi connectivity index (χ0) is 24.1. The van der Waals surface area contributed by atoms with Crippen LogP contribution in [0.2, 0.25) is 0 Å². The first-order valence-electron chi connectivity index (χ1n) is 10.5. The van der Waals surface area contributed by atoms with Gasteiger partial charge in [0.05, 0.1) is 55.7 Å². The van der Waals surface area contributed by atoms with E-state index >= 15 is 0 Å². The van der Waals surface area contributed by atoms with Crippen molar-refractivity contribution in [3.63, 3.8) is 0 Å². The standard InChI is InChI=1S/C22H26F3N3O5/c1-5-31-20(29)11(2)17-15(21-32-9-10-33-21)19(28-22(27-17)30-4)26-12(3)13-7-6-8-14(16(13)23)18(24)25/h6-8,11-12,18,21H,5,9-10H2,1-4H3,(H,26,27,28)/t11?,12-/m1/s1. The number of carbonyl (C=O) groups excluding carboxylic acids is 1. The summed E-state index contributed by atoms with van der Waals surface area (Å²) in [7, 11) is 1.36. The number of halogens is 3. The summed E-state index contributed by atoms with van der Waals surface area (Å²) >= 11 is 0. The Hall–Kier alpha value is -2.92. The lowest BCUT2D eigenvalue weighted by atomic mass is 10.0. The van der Waals surface area contributed by atoms with Crippen LogP contribution in [0.1, 0.15) is 67.8 Å². The number of benzene rings is 1. The van der Waals surface area contributed by atoms with Crippen molar-refractivity contribution in [1.29, 1.82) is 0 Å². The highest BCUT2D eigenvalue weighted by Gasteiger charge is 2.33. The number of hydrogen-bond acceptors (Lipinski definition) is 8. The molecular weight excluding hydrogens is 443 g/mol. The van der Waals surface area contributed by atoms with E-state index in [4.69, 9.17) is 18.9 Å². The lowest BCUT2D eigenvalue weighted by molar-refractivity contribution is -0.144. The molecular formula is C22H26F3N3O5. The smallest absolute Gasteiger partial charge is 0.318 e.